The van der Waals surface area contributed by atoms with E-state index in [1.807, 2.05) is 0 Å². The first-order valence-corrected chi connectivity index (χ1v) is 7.52. The van der Waals surface area contributed by atoms with E-state index in [0.717, 1.165) is 0 Å². The SMILES string of the molecule is COc1cc2ncnc(Oc3ccc(C(=O)C(N)=O)cc3)c2cc1OC. The normalized spacial score (nSPS) is 10.4. The molecule has 0 unspecified atom stereocenters. The third-order valence-corrected chi connectivity index (χ3v) is 3.66. The van der Waals surface area contributed by atoms with E-state index in [0.29, 0.717) is 34.0 Å². The molecule has 0 saturated carbocycles. The zero-order valence-electron chi connectivity index (χ0n) is 14.1. The Bertz CT molecular complexity index is 986. The van der Waals surface area contributed by atoms with E-state index in [1.54, 1.807) is 24.3 Å². The fourth-order valence-corrected chi connectivity index (χ4v) is 2.37. The Balaban J connectivity index is 1.96. The maximum absolute atomic E-state index is 11.6. The summed E-state index contributed by atoms with van der Waals surface area (Å²) >= 11 is 0. The van der Waals surface area contributed by atoms with Gasteiger partial charge in [-0.05, 0) is 30.3 Å². The minimum absolute atomic E-state index is 0.184. The van der Waals surface area contributed by atoms with Gasteiger partial charge in [0.15, 0.2) is 11.5 Å². The predicted octanol–water partition coefficient (Wildman–Crippen LogP) is 2.11. The summed E-state index contributed by atoms with van der Waals surface area (Å²) in [7, 11) is 3.07. The molecule has 0 bridgehead atoms. The van der Waals surface area contributed by atoms with Crippen molar-refractivity contribution in [1.82, 2.24) is 9.97 Å². The average molecular weight is 353 g/mol. The number of benzene rings is 2. The molecule has 0 spiro atoms. The number of ether oxygens (including phenoxy) is 3. The molecule has 1 aromatic heterocycles. The fourth-order valence-electron chi connectivity index (χ4n) is 2.37. The summed E-state index contributed by atoms with van der Waals surface area (Å²) in [6.07, 6.45) is 1.37. The highest BCUT2D eigenvalue weighted by atomic mass is 16.5. The van der Waals surface area contributed by atoms with Crippen molar-refractivity contribution in [2.24, 2.45) is 5.73 Å². The van der Waals surface area contributed by atoms with Crippen LogP contribution in [0.2, 0.25) is 0 Å². The van der Waals surface area contributed by atoms with Crippen LogP contribution in [-0.4, -0.2) is 35.9 Å². The van der Waals surface area contributed by atoms with Crippen LogP contribution in [0.15, 0.2) is 42.7 Å². The highest BCUT2D eigenvalue weighted by Crippen LogP contribution is 2.35. The molecule has 0 aliphatic rings. The zero-order valence-corrected chi connectivity index (χ0v) is 14.1. The quantitative estimate of drug-likeness (QED) is 0.533. The average Bonchev–Trinajstić information content (AvgIpc) is 2.67. The van der Waals surface area contributed by atoms with E-state index in [-0.39, 0.29) is 5.56 Å². The minimum atomic E-state index is -1.01. The Morgan fingerprint density at radius 1 is 0.962 bits per heavy atom. The molecule has 1 heterocycles. The molecule has 2 N–H and O–H groups in total. The van der Waals surface area contributed by atoms with Crippen molar-refractivity contribution in [2.75, 3.05) is 14.2 Å². The second kappa shape index (κ2) is 7.06. The lowest BCUT2D eigenvalue weighted by Gasteiger charge is -2.11. The lowest BCUT2D eigenvalue weighted by atomic mass is 10.1. The van der Waals surface area contributed by atoms with E-state index in [4.69, 9.17) is 19.9 Å². The van der Waals surface area contributed by atoms with Gasteiger partial charge in [-0.3, -0.25) is 9.59 Å². The summed E-state index contributed by atoms with van der Waals surface area (Å²) < 4.78 is 16.3. The summed E-state index contributed by atoms with van der Waals surface area (Å²) in [5, 5.41) is 0.627. The number of carbonyl (C=O) groups is 2. The molecular weight excluding hydrogens is 338 g/mol. The van der Waals surface area contributed by atoms with Gasteiger partial charge in [0.25, 0.3) is 5.91 Å². The predicted molar refractivity (Wildman–Crippen MR) is 92.7 cm³/mol. The maximum atomic E-state index is 11.6. The highest BCUT2D eigenvalue weighted by molar-refractivity contribution is 6.42. The molecule has 0 fully saturated rings. The molecular formula is C18H15N3O5. The van der Waals surface area contributed by atoms with Gasteiger partial charge < -0.3 is 19.9 Å². The van der Waals surface area contributed by atoms with Gasteiger partial charge in [0.05, 0.1) is 25.1 Å². The van der Waals surface area contributed by atoms with E-state index in [2.05, 4.69) is 9.97 Å². The number of Topliss-reactive ketones (excluding diaryl/α,β-unsaturated/α-hetero) is 1. The van der Waals surface area contributed by atoms with Crippen molar-refractivity contribution in [1.29, 1.82) is 0 Å². The number of fused-ring (bicyclic) bond motifs is 1. The van der Waals surface area contributed by atoms with Gasteiger partial charge in [-0.2, -0.15) is 0 Å². The van der Waals surface area contributed by atoms with Crippen molar-refractivity contribution in [3.8, 4) is 23.1 Å². The van der Waals surface area contributed by atoms with Crippen LogP contribution in [0.3, 0.4) is 0 Å². The number of ketones is 1. The standard InChI is InChI=1S/C18H15N3O5/c1-24-14-7-12-13(8-15(14)25-2)20-9-21-18(12)26-11-5-3-10(4-6-11)16(22)17(19)23/h3-9H,1-2H3,(H2,19,23). The number of nitrogens with zero attached hydrogens (tertiary/aromatic N) is 2. The van der Waals surface area contributed by atoms with E-state index in [9.17, 15) is 9.59 Å². The van der Waals surface area contributed by atoms with Crippen molar-refractivity contribution in [3.05, 3.63) is 48.3 Å². The van der Waals surface area contributed by atoms with Crippen LogP contribution in [0.25, 0.3) is 10.9 Å². The van der Waals surface area contributed by atoms with Crippen molar-refractivity contribution in [3.63, 3.8) is 0 Å². The number of hydrogen-bond acceptors (Lipinski definition) is 7. The third-order valence-electron chi connectivity index (χ3n) is 3.66. The van der Waals surface area contributed by atoms with Crippen LogP contribution in [0, 0.1) is 0 Å². The molecule has 8 heteroatoms. The lowest BCUT2D eigenvalue weighted by molar-refractivity contribution is -0.114. The summed E-state index contributed by atoms with van der Waals surface area (Å²) in [6, 6.07) is 9.44. The second-order valence-corrected chi connectivity index (χ2v) is 5.22. The number of hydrogen-bond donors (Lipinski definition) is 1. The zero-order chi connectivity index (χ0) is 18.7. The smallest absolute Gasteiger partial charge is 0.289 e. The van der Waals surface area contributed by atoms with Crippen LogP contribution in [0.1, 0.15) is 10.4 Å². The topological polar surface area (TPSA) is 114 Å². The number of methoxy groups -OCH3 is 2. The Labute approximate surface area is 148 Å². The van der Waals surface area contributed by atoms with Crippen LogP contribution < -0.4 is 19.9 Å². The number of amides is 1. The molecule has 2 aromatic carbocycles. The number of carbonyl (C=O) groups excluding carboxylic acids is 2. The number of nitrogens with two attached hydrogens (primary N) is 1. The van der Waals surface area contributed by atoms with Crippen molar-refractivity contribution < 1.29 is 23.8 Å². The first-order chi connectivity index (χ1) is 12.5. The molecule has 3 rings (SSSR count). The molecule has 0 saturated heterocycles. The number of primary amides is 1. The monoisotopic (exact) mass is 353 g/mol. The van der Waals surface area contributed by atoms with E-state index in [1.165, 1.54) is 32.7 Å². The Kier molecular flexibility index (Phi) is 4.66. The third kappa shape index (κ3) is 3.25. The molecule has 1 amide bonds. The molecule has 3 aromatic rings. The summed E-state index contributed by atoms with van der Waals surface area (Å²) in [6.45, 7) is 0. The lowest BCUT2D eigenvalue weighted by Crippen LogP contribution is -2.22. The van der Waals surface area contributed by atoms with Crippen LogP contribution in [-0.2, 0) is 4.79 Å². The first-order valence-electron chi connectivity index (χ1n) is 7.52. The van der Waals surface area contributed by atoms with Gasteiger partial charge in [0.1, 0.15) is 12.1 Å². The molecule has 0 atom stereocenters. The molecule has 0 aliphatic carbocycles. The van der Waals surface area contributed by atoms with Gasteiger partial charge in [0.2, 0.25) is 11.7 Å². The summed E-state index contributed by atoms with van der Waals surface area (Å²) in [5.74, 6) is 0.0223. The number of aromatic nitrogens is 2. The van der Waals surface area contributed by atoms with Crippen LogP contribution >= 0.6 is 0 Å². The van der Waals surface area contributed by atoms with E-state index < -0.39 is 11.7 Å². The second-order valence-electron chi connectivity index (χ2n) is 5.22. The number of rotatable bonds is 6. The van der Waals surface area contributed by atoms with Gasteiger partial charge in [-0.25, -0.2) is 9.97 Å². The molecule has 8 nitrogen and oxygen atoms in total. The fraction of sp³-hybridized carbons (Fsp3) is 0.111. The largest absolute Gasteiger partial charge is 0.493 e. The molecule has 132 valence electrons. The van der Waals surface area contributed by atoms with Crippen molar-refractivity contribution >= 4 is 22.6 Å². The van der Waals surface area contributed by atoms with Crippen molar-refractivity contribution in [2.45, 2.75) is 0 Å². The minimum Gasteiger partial charge on any atom is -0.493 e. The summed E-state index contributed by atoms with van der Waals surface area (Å²) in [4.78, 5) is 30.8. The van der Waals surface area contributed by atoms with Gasteiger partial charge >= 0.3 is 0 Å². The molecule has 0 aliphatic heterocycles. The molecule has 0 radical (unpaired) electrons. The van der Waals surface area contributed by atoms with Gasteiger partial charge in [-0.15, -0.1) is 0 Å². The maximum Gasteiger partial charge on any atom is 0.289 e. The Morgan fingerprint density at radius 2 is 1.62 bits per heavy atom. The Morgan fingerprint density at radius 3 is 2.23 bits per heavy atom. The Hall–Kier alpha value is -3.68. The van der Waals surface area contributed by atoms with Gasteiger partial charge in [-0.1, -0.05) is 0 Å². The van der Waals surface area contributed by atoms with Gasteiger partial charge in [0, 0.05) is 11.6 Å². The first kappa shape index (κ1) is 17.2. The summed E-state index contributed by atoms with van der Waals surface area (Å²) in [5.41, 5.74) is 5.79. The van der Waals surface area contributed by atoms with Crippen LogP contribution in [0.4, 0.5) is 0 Å². The molecule has 26 heavy (non-hydrogen) atoms. The van der Waals surface area contributed by atoms with E-state index >= 15 is 0 Å². The van der Waals surface area contributed by atoms with Crippen LogP contribution in [0.5, 0.6) is 23.1 Å². The highest BCUT2D eigenvalue weighted by Gasteiger charge is 2.14.